The standard InChI is InChI=1S/C12H11Cl3N4O3/c1-21-8-4-9(22-2)7(3-6(8)13)16-10(20)5-19-12(15)17-11(14)18-19/h3-4H,5H2,1-2H3,(H,16,20). The smallest absolute Gasteiger partial charge is 0.246 e. The molecule has 2 aromatic rings. The molecule has 2 rings (SSSR count). The molecule has 10 heteroatoms. The number of hydrogen-bond donors (Lipinski definition) is 1. The summed E-state index contributed by atoms with van der Waals surface area (Å²) in [5, 5.41) is 6.73. The Balaban J connectivity index is 2.17. The van der Waals surface area contributed by atoms with E-state index in [1.807, 2.05) is 0 Å². The molecule has 7 nitrogen and oxygen atoms in total. The van der Waals surface area contributed by atoms with Gasteiger partial charge in [0.2, 0.25) is 16.5 Å². The van der Waals surface area contributed by atoms with E-state index in [-0.39, 0.29) is 17.1 Å². The molecular formula is C12H11Cl3N4O3. The summed E-state index contributed by atoms with van der Waals surface area (Å²) in [5.41, 5.74) is 0.389. The summed E-state index contributed by atoms with van der Waals surface area (Å²) in [5.74, 6) is 0.433. The van der Waals surface area contributed by atoms with Gasteiger partial charge in [-0.3, -0.25) is 4.79 Å². The molecule has 1 aromatic carbocycles. The lowest BCUT2D eigenvalue weighted by molar-refractivity contribution is -0.116. The second kappa shape index (κ2) is 7.04. The lowest BCUT2D eigenvalue weighted by Crippen LogP contribution is -2.20. The largest absolute Gasteiger partial charge is 0.495 e. The fourth-order valence-electron chi connectivity index (χ4n) is 1.68. The summed E-state index contributed by atoms with van der Waals surface area (Å²) in [6.45, 7) is -0.161. The number of benzene rings is 1. The van der Waals surface area contributed by atoms with Gasteiger partial charge in [-0.05, 0) is 29.3 Å². The van der Waals surface area contributed by atoms with E-state index in [2.05, 4.69) is 15.4 Å². The molecule has 1 heterocycles. The van der Waals surface area contributed by atoms with Crippen molar-refractivity contribution in [2.75, 3.05) is 19.5 Å². The molecule has 0 aliphatic heterocycles. The molecule has 0 radical (unpaired) electrons. The molecular weight excluding hydrogens is 355 g/mol. The number of hydrogen-bond acceptors (Lipinski definition) is 5. The van der Waals surface area contributed by atoms with Crippen molar-refractivity contribution in [3.05, 3.63) is 27.7 Å². The van der Waals surface area contributed by atoms with Crippen LogP contribution >= 0.6 is 34.8 Å². The molecule has 0 bridgehead atoms. The van der Waals surface area contributed by atoms with Crippen LogP contribution in [0.5, 0.6) is 11.5 Å². The molecule has 0 spiro atoms. The highest BCUT2D eigenvalue weighted by Gasteiger charge is 2.15. The SMILES string of the molecule is COc1cc(OC)c(NC(=O)Cn2nc(Cl)nc2Cl)cc1Cl. The molecule has 0 aliphatic rings. The van der Waals surface area contributed by atoms with Crippen molar-refractivity contribution < 1.29 is 14.3 Å². The number of amides is 1. The number of carbonyl (C=O) groups is 1. The maximum Gasteiger partial charge on any atom is 0.246 e. The maximum absolute atomic E-state index is 12.0. The Morgan fingerprint density at radius 2 is 1.91 bits per heavy atom. The van der Waals surface area contributed by atoms with Gasteiger partial charge in [0.05, 0.1) is 24.9 Å². The summed E-state index contributed by atoms with van der Waals surface area (Å²) >= 11 is 17.4. The quantitative estimate of drug-likeness (QED) is 0.881. The first-order valence-corrected chi connectivity index (χ1v) is 7.05. The minimum absolute atomic E-state index is 0.0138. The lowest BCUT2D eigenvalue weighted by Gasteiger charge is -2.13. The topological polar surface area (TPSA) is 78.3 Å². The van der Waals surface area contributed by atoms with E-state index < -0.39 is 5.91 Å². The van der Waals surface area contributed by atoms with Crippen LogP contribution in [0.15, 0.2) is 12.1 Å². The van der Waals surface area contributed by atoms with E-state index in [1.54, 1.807) is 6.07 Å². The third-order valence-electron chi connectivity index (χ3n) is 2.64. The van der Waals surface area contributed by atoms with Gasteiger partial charge in [0.25, 0.3) is 0 Å². The third kappa shape index (κ3) is 3.73. The summed E-state index contributed by atoms with van der Waals surface area (Å²) in [6, 6.07) is 3.09. The first-order valence-electron chi connectivity index (χ1n) is 5.91. The molecule has 0 saturated carbocycles. The number of anilines is 1. The minimum atomic E-state index is -0.400. The van der Waals surface area contributed by atoms with Crippen LogP contribution < -0.4 is 14.8 Å². The van der Waals surface area contributed by atoms with Crippen molar-refractivity contribution in [2.45, 2.75) is 6.54 Å². The zero-order chi connectivity index (χ0) is 16.3. The molecule has 0 saturated heterocycles. The van der Waals surface area contributed by atoms with Crippen molar-refractivity contribution in [1.82, 2.24) is 14.8 Å². The third-order valence-corrected chi connectivity index (χ3v) is 3.38. The normalized spacial score (nSPS) is 10.4. The maximum atomic E-state index is 12.0. The number of halogens is 3. The number of methoxy groups -OCH3 is 2. The monoisotopic (exact) mass is 364 g/mol. The molecule has 118 valence electrons. The average Bonchev–Trinajstić information content (AvgIpc) is 2.77. The van der Waals surface area contributed by atoms with E-state index in [1.165, 1.54) is 20.3 Å². The van der Waals surface area contributed by atoms with Crippen LogP contribution in [-0.4, -0.2) is 34.9 Å². The van der Waals surface area contributed by atoms with Crippen LogP contribution in [0.2, 0.25) is 15.6 Å². The Kier molecular flexibility index (Phi) is 5.33. The van der Waals surface area contributed by atoms with Gasteiger partial charge in [0.15, 0.2) is 0 Å². The summed E-state index contributed by atoms with van der Waals surface area (Å²) in [7, 11) is 2.95. The highest BCUT2D eigenvalue weighted by atomic mass is 35.5. The van der Waals surface area contributed by atoms with E-state index in [4.69, 9.17) is 44.3 Å². The molecule has 0 atom stereocenters. The van der Waals surface area contributed by atoms with Gasteiger partial charge in [-0.15, -0.1) is 5.10 Å². The lowest BCUT2D eigenvalue weighted by atomic mass is 10.2. The number of carbonyl (C=O) groups excluding carboxylic acids is 1. The predicted molar refractivity (Wildman–Crippen MR) is 83.2 cm³/mol. The van der Waals surface area contributed by atoms with E-state index >= 15 is 0 Å². The highest BCUT2D eigenvalue weighted by molar-refractivity contribution is 6.32. The van der Waals surface area contributed by atoms with Gasteiger partial charge in [0, 0.05) is 6.07 Å². The fourth-order valence-corrected chi connectivity index (χ4v) is 2.31. The Bertz CT molecular complexity index is 705. The van der Waals surface area contributed by atoms with Gasteiger partial charge < -0.3 is 14.8 Å². The number of rotatable bonds is 5. The Morgan fingerprint density at radius 3 is 2.45 bits per heavy atom. The van der Waals surface area contributed by atoms with E-state index in [0.29, 0.717) is 22.2 Å². The molecule has 0 unspecified atom stereocenters. The minimum Gasteiger partial charge on any atom is -0.495 e. The van der Waals surface area contributed by atoms with Crippen molar-refractivity contribution in [3.63, 3.8) is 0 Å². The van der Waals surface area contributed by atoms with Gasteiger partial charge in [-0.25, -0.2) is 4.68 Å². The number of ether oxygens (including phenoxy) is 2. The highest BCUT2D eigenvalue weighted by Crippen LogP contribution is 2.35. The first-order chi connectivity index (χ1) is 10.4. The summed E-state index contributed by atoms with van der Waals surface area (Å²) in [4.78, 5) is 15.7. The van der Waals surface area contributed by atoms with Crippen molar-refractivity contribution >= 4 is 46.4 Å². The van der Waals surface area contributed by atoms with Gasteiger partial charge >= 0.3 is 0 Å². The van der Waals surface area contributed by atoms with Crippen LogP contribution in [0, 0.1) is 0 Å². The Morgan fingerprint density at radius 1 is 1.23 bits per heavy atom. The fraction of sp³-hybridized carbons (Fsp3) is 0.250. The van der Waals surface area contributed by atoms with Crippen molar-refractivity contribution in [3.8, 4) is 11.5 Å². The summed E-state index contributed by atoms with van der Waals surface area (Å²) in [6.07, 6.45) is 0. The van der Waals surface area contributed by atoms with Crippen LogP contribution in [0.1, 0.15) is 0 Å². The predicted octanol–water partition coefficient (Wildman–Crippen LogP) is 2.89. The first kappa shape index (κ1) is 16.7. The van der Waals surface area contributed by atoms with Crippen LogP contribution in [0.3, 0.4) is 0 Å². The Labute approximate surface area is 141 Å². The molecule has 1 aromatic heterocycles. The summed E-state index contributed by atoms with van der Waals surface area (Å²) < 4.78 is 11.4. The molecule has 0 fully saturated rings. The van der Waals surface area contributed by atoms with Gasteiger partial charge in [-0.1, -0.05) is 11.6 Å². The van der Waals surface area contributed by atoms with Crippen LogP contribution in [-0.2, 0) is 11.3 Å². The second-order valence-electron chi connectivity index (χ2n) is 4.04. The zero-order valence-electron chi connectivity index (χ0n) is 11.6. The van der Waals surface area contributed by atoms with Gasteiger partial charge in [-0.2, -0.15) is 4.98 Å². The number of nitrogens with zero attached hydrogens (tertiary/aromatic N) is 3. The van der Waals surface area contributed by atoms with Crippen molar-refractivity contribution in [1.29, 1.82) is 0 Å². The average molecular weight is 366 g/mol. The van der Waals surface area contributed by atoms with Crippen molar-refractivity contribution in [2.24, 2.45) is 0 Å². The van der Waals surface area contributed by atoms with E-state index in [0.717, 1.165) is 4.68 Å². The second-order valence-corrected chi connectivity index (χ2v) is 5.13. The van der Waals surface area contributed by atoms with Gasteiger partial charge in [0.1, 0.15) is 18.0 Å². The zero-order valence-corrected chi connectivity index (χ0v) is 13.8. The van der Waals surface area contributed by atoms with E-state index in [9.17, 15) is 4.79 Å². The molecule has 22 heavy (non-hydrogen) atoms. The number of aromatic nitrogens is 3. The number of nitrogens with one attached hydrogen (secondary N) is 1. The molecule has 1 N–H and O–H groups in total. The molecule has 0 aliphatic carbocycles. The Hall–Kier alpha value is -1.70. The molecule has 1 amide bonds. The van der Waals surface area contributed by atoms with Crippen LogP contribution in [0.4, 0.5) is 5.69 Å². The van der Waals surface area contributed by atoms with Crippen LogP contribution in [0.25, 0.3) is 0 Å².